The van der Waals surface area contributed by atoms with Crippen molar-refractivity contribution in [2.45, 2.75) is 44.6 Å². The van der Waals surface area contributed by atoms with Crippen molar-refractivity contribution in [3.63, 3.8) is 0 Å². The molecule has 0 atom stereocenters. The maximum Gasteiger partial charge on any atom is 0.272 e. The molecule has 3 N–H and O–H groups in total. The zero-order valence-corrected chi connectivity index (χ0v) is 18.4. The number of aryl methyl sites for hydroxylation is 1. The summed E-state index contributed by atoms with van der Waals surface area (Å²) in [5.41, 5.74) is 4.99. The highest BCUT2D eigenvalue weighted by molar-refractivity contribution is 5.95. The van der Waals surface area contributed by atoms with E-state index in [0.29, 0.717) is 22.3 Å². The lowest BCUT2D eigenvalue weighted by Gasteiger charge is -2.57. The van der Waals surface area contributed by atoms with Crippen molar-refractivity contribution in [3.8, 4) is 11.1 Å². The molecule has 2 heterocycles. The summed E-state index contributed by atoms with van der Waals surface area (Å²) in [7, 11) is 0. The van der Waals surface area contributed by atoms with Gasteiger partial charge < -0.3 is 5.32 Å². The molecular formula is C26H25N5O2. The molecule has 2 aliphatic carbocycles. The van der Waals surface area contributed by atoms with E-state index in [9.17, 15) is 9.59 Å². The van der Waals surface area contributed by atoms with Crippen LogP contribution in [-0.2, 0) is 0 Å². The maximum absolute atomic E-state index is 12.8. The number of fused-ring (bicyclic) bond motifs is 1. The fourth-order valence-corrected chi connectivity index (χ4v) is 5.84. The Hall–Kier alpha value is -3.74. The molecule has 33 heavy (non-hydrogen) atoms. The van der Waals surface area contributed by atoms with Gasteiger partial charge in [-0.05, 0) is 67.3 Å². The fourth-order valence-electron chi connectivity index (χ4n) is 5.84. The van der Waals surface area contributed by atoms with Crippen LogP contribution in [0.15, 0.2) is 59.7 Å². The molecule has 2 saturated carbocycles. The highest BCUT2D eigenvalue weighted by atomic mass is 16.1. The summed E-state index contributed by atoms with van der Waals surface area (Å²) in [6.07, 6.45) is 7.76. The number of nitrogens with one attached hydrogen (secondary N) is 3. The van der Waals surface area contributed by atoms with Crippen molar-refractivity contribution < 1.29 is 4.79 Å². The van der Waals surface area contributed by atoms with Crippen LogP contribution in [0.3, 0.4) is 0 Å². The first kappa shape index (κ1) is 19.9. The highest BCUT2D eigenvalue weighted by Crippen LogP contribution is 2.62. The standard InChI is InChI=1S/C26H25N5O2/c1-15-8-16(6-7-20(15)18-13-27-28-14-18)24(32)29-19-11-26(12-19)9-17(10-26)23-21-4-2-3-5-22(21)25(33)31-30-23/h2-8,13-14,17,19H,9-12H2,1H3,(H,27,28)(H,29,32)(H,31,33). The van der Waals surface area contributed by atoms with Gasteiger partial charge in [-0.25, -0.2) is 5.10 Å². The quantitative estimate of drug-likeness (QED) is 0.446. The van der Waals surface area contributed by atoms with Gasteiger partial charge in [-0.1, -0.05) is 24.3 Å². The lowest BCUT2D eigenvalue weighted by Crippen LogP contribution is -2.55. The number of aromatic nitrogens is 4. The SMILES string of the molecule is Cc1cc(C(=O)NC2CC3(C2)CC(c2n[nH]c(=O)c4ccccc24)C3)ccc1-c1cn[nH]c1. The smallest absolute Gasteiger partial charge is 0.272 e. The van der Waals surface area contributed by atoms with Crippen LogP contribution in [0.25, 0.3) is 21.9 Å². The van der Waals surface area contributed by atoms with Crippen LogP contribution < -0.4 is 10.9 Å². The Bertz CT molecular complexity index is 1410. The first-order chi connectivity index (χ1) is 16.0. The van der Waals surface area contributed by atoms with Crippen LogP contribution in [0.1, 0.15) is 53.2 Å². The summed E-state index contributed by atoms with van der Waals surface area (Å²) in [6.45, 7) is 2.01. The van der Waals surface area contributed by atoms with Gasteiger partial charge >= 0.3 is 0 Å². The number of carbonyl (C=O) groups excluding carboxylic acids is 1. The molecule has 1 spiro atoms. The minimum Gasteiger partial charge on any atom is -0.349 e. The number of H-pyrrole nitrogens is 2. The number of carbonyl (C=O) groups is 1. The van der Waals surface area contributed by atoms with E-state index in [1.807, 2.05) is 55.6 Å². The Morgan fingerprint density at radius 1 is 1.09 bits per heavy atom. The number of rotatable bonds is 4. The largest absolute Gasteiger partial charge is 0.349 e. The summed E-state index contributed by atoms with van der Waals surface area (Å²) >= 11 is 0. The van der Waals surface area contributed by atoms with Gasteiger partial charge in [-0.15, -0.1) is 0 Å². The number of amides is 1. The van der Waals surface area contributed by atoms with Gasteiger partial charge in [0.1, 0.15) is 0 Å². The number of nitrogens with zero attached hydrogens (tertiary/aromatic N) is 2. The Kier molecular flexibility index (Phi) is 4.47. The van der Waals surface area contributed by atoms with Crippen molar-refractivity contribution in [3.05, 3.63) is 82.0 Å². The monoisotopic (exact) mass is 439 g/mol. The predicted octanol–water partition coefficient (Wildman–Crippen LogP) is 4.08. The van der Waals surface area contributed by atoms with E-state index in [2.05, 4.69) is 25.7 Å². The maximum atomic E-state index is 12.8. The van der Waals surface area contributed by atoms with Gasteiger partial charge in [0.25, 0.3) is 11.5 Å². The van der Waals surface area contributed by atoms with Crippen molar-refractivity contribution in [2.24, 2.45) is 5.41 Å². The molecule has 0 radical (unpaired) electrons. The normalized spacial score (nSPS) is 23.8. The van der Waals surface area contributed by atoms with Crippen molar-refractivity contribution in [1.29, 1.82) is 0 Å². The summed E-state index contributed by atoms with van der Waals surface area (Å²) in [5, 5.41) is 18.7. The first-order valence-corrected chi connectivity index (χ1v) is 11.4. The van der Waals surface area contributed by atoms with Crippen LogP contribution in [0, 0.1) is 12.3 Å². The third kappa shape index (κ3) is 3.35. The van der Waals surface area contributed by atoms with E-state index >= 15 is 0 Å². The van der Waals surface area contributed by atoms with E-state index in [-0.39, 0.29) is 17.5 Å². The molecule has 0 aliphatic heterocycles. The highest BCUT2D eigenvalue weighted by Gasteiger charge is 2.54. The minimum atomic E-state index is -0.136. The summed E-state index contributed by atoms with van der Waals surface area (Å²) in [6, 6.07) is 13.7. The summed E-state index contributed by atoms with van der Waals surface area (Å²) in [4.78, 5) is 24.9. The Morgan fingerprint density at radius 3 is 2.61 bits per heavy atom. The average molecular weight is 440 g/mol. The Morgan fingerprint density at radius 2 is 1.88 bits per heavy atom. The van der Waals surface area contributed by atoms with Crippen LogP contribution in [0.4, 0.5) is 0 Å². The van der Waals surface area contributed by atoms with Gasteiger partial charge in [-0.2, -0.15) is 10.2 Å². The average Bonchev–Trinajstić information content (AvgIpc) is 3.30. The van der Waals surface area contributed by atoms with Crippen LogP contribution in [-0.4, -0.2) is 32.3 Å². The molecule has 2 fully saturated rings. The zero-order chi connectivity index (χ0) is 22.6. The van der Waals surface area contributed by atoms with Gasteiger partial charge in [-0.3, -0.25) is 14.7 Å². The Balaban J connectivity index is 1.08. The third-order valence-electron chi connectivity index (χ3n) is 7.46. The van der Waals surface area contributed by atoms with E-state index in [1.54, 1.807) is 6.20 Å². The number of benzene rings is 2. The molecule has 0 unspecified atom stereocenters. The van der Waals surface area contributed by atoms with Crippen molar-refractivity contribution in [2.75, 3.05) is 0 Å². The molecule has 2 aliphatic rings. The second-order valence-electron chi connectivity index (χ2n) is 9.68. The lowest BCUT2D eigenvalue weighted by atomic mass is 9.49. The zero-order valence-electron chi connectivity index (χ0n) is 18.4. The van der Waals surface area contributed by atoms with Crippen LogP contribution >= 0.6 is 0 Å². The second kappa shape index (κ2) is 7.40. The van der Waals surface area contributed by atoms with Gasteiger partial charge in [0, 0.05) is 34.7 Å². The fraction of sp³-hybridized carbons (Fsp3) is 0.308. The summed E-state index contributed by atoms with van der Waals surface area (Å²) < 4.78 is 0. The second-order valence-corrected chi connectivity index (χ2v) is 9.68. The number of hydrogen-bond donors (Lipinski definition) is 3. The molecule has 0 bridgehead atoms. The minimum absolute atomic E-state index is 0.0131. The molecule has 7 heteroatoms. The molecule has 0 saturated heterocycles. The topological polar surface area (TPSA) is 104 Å². The third-order valence-corrected chi connectivity index (χ3v) is 7.46. The summed E-state index contributed by atoms with van der Waals surface area (Å²) in [5.74, 6) is 0.349. The predicted molar refractivity (Wildman–Crippen MR) is 126 cm³/mol. The van der Waals surface area contributed by atoms with Gasteiger partial charge in [0.15, 0.2) is 0 Å². The van der Waals surface area contributed by atoms with Crippen LogP contribution in [0.5, 0.6) is 0 Å². The van der Waals surface area contributed by atoms with Gasteiger partial charge in [0.05, 0.1) is 17.3 Å². The molecule has 1 amide bonds. The molecule has 7 nitrogen and oxygen atoms in total. The van der Waals surface area contributed by atoms with Gasteiger partial charge in [0.2, 0.25) is 0 Å². The molecule has 166 valence electrons. The first-order valence-electron chi connectivity index (χ1n) is 11.4. The van der Waals surface area contributed by atoms with E-state index < -0.39 is 0 Å². The number of aromatic amines is 2. The van der Waals surface area contributed by atoms with Crippen LogP contribution in [0.2, 0.25) is 0 Å². The lowest BCUT2D eigenvalue weighted by molar-refractivity contribution is -0.0196. The van der Waals surface area contributed by atoms with E-state index in [1.165, 1.54) is 0 Å². The molecular weight excluding hydrogens is 414 g/mol. The Labute approximate surface area is 190 Å². The molecule has 4 aromatic rings. The van der Waals surface area contributed by atoms with E-state index in [0.717, 1.165) is 53.5 Å². The molecule has 6 rings (SSSR count). The number of hydrogen-bond acceptors (Lipinski definition) is 4. The van der Waals surface area contributed by atoms with Crippen molar-refractivity contribution in [1.82, 2.24) is 25.7 Å². The van der Waals surface area contributed by atoms with Crippen molar-refractivity contribution >= 4 is 16.7 Å². The molecule has 2 aromatic carbocycles. The van der Waals surface area contributed by atoms with E-state index in [4.69, 9.17) is 0 Å². The molecule has 2 aromatic heterocycles.